The van der Waals surface area contributed by atoms with Crippen molar-refractivity contribution in [1.82, 2.24) is 25.4 Å². The first-order valence-corrected chi connectivity index (χ1v) is 5.87. The van der Waals surface area contributed by atoms with Crippen molar-refractivity contribution in [2.75, 3.05) is 13.1 Å². The van der Waals surface area contributed by atoms with Crippen molar-refractivity contribution in [3.63, 3.8) is 0 Å². The molecule has 104 valence electrons. The van der Waals surface area contributed by atoms with Crippen LogP contribution in [-0.2, 0) is 11.2 Å². The Balaban J connectivity index is 1.83. The molecule has 2 atom stereocenters. The summed E-state index contributed by atoms with van der Waals surface area (Å²) >= 11 is 0. The molecule has 0 saturated carbocycles. The molecule has 1 aliphatic rings. The first-order valence-electron chi connectivity index (χ1n) is 5.87. The molecule has 0 bridgehead atoms. The highest BCUT2D eigenvalue weighted by molar-refractivity contribution is 5.83. The van der Waals surface area contributed by atoms with Gasteiger partial charge < -0.3 is 20.4 Å². The Morgan fingerprint density at radius 3 is 3.00 bits per heavy atom. The number of aliphatic hydroxyl groups excluding tert-OH is 1. The monoisotopic (exact) mass is 269 g/mol. The SMILES string of the molecule is O=C(O)C1CC(O)CN1C(=O)NCCc1ncn[nH]1. The number of hydrogen-bond acceptors (Lipinski definition) is 5. The number of aromatic nitrogens is 3. The van der Waals surface area contributed by atoms with Crippen LogP contribution in [0.4, 0.5) is 4.79 Å². The van der Waals surface area contributed by atoms with Gasteiger partial charge in [-0.1, -0.05) is 0 Å². The van der Waals surface area contributed by atoms with Gasteiger partial charge in [-0.25, -0.2) is 14.6 Å². The number of aliphatic hydroxyl groups is 1. The van der Waals surface area contributed by atoms with Crippen molar-refractivity contribution in [2.24, 2.45) is 0 Å². The van der Waals surface area contributed by atoms with Crippen LogP contribution >= 0.6 is 0 Å². The normalized spacial score (nSPS) is 22.5. The van der Waals surface area contributed by atoms with Crippen LogP contribution in [0, 0.1) is 0 Å². The van der Waals surface area contributed by atoms with Gasteiger partial charge in [0.05, 0.1) is 6.10 Å². The van der Waals surface area contributed by atoms with Crippen LogP contribution in [0.25, 0.3) is 0 Å². The van der Waals surface area contributed by atoms with E-state index in [9.17, 15) is 14.7 Å². The number of amides is 2. The summed E-state index contributed by atoms with van der Waals surface area (Å²) < 4.78 is 0. The maximum atomic E-state index is 11.8. The minimum Gasteiger partial charge on any atom is -0.480 e. The quantitative estimate of drug-likeness (QED) is 0.530. The number of β-amino-alcohol motifs (C(OH)–C–C–N with tert-alkyl or cyclic N) is 1. The van der Waals surface area contributed by atoms with E-state index < -0.39 is 24.1 Å². The molecule has 2 rings (SSSR count). The van der Waals surface area contributed by atoms with E-state index in [2.05, 4.69) is 20.5 Å². The fraction of sp³-hybridized carbons (Fsp3) is 0.600. The number of carbonyl (C=O) groups is 2. The second-order valence-electron chi connectivity index (χ2n) is 4.31. The summed E-state index contributed by atoms with van der Waals surface area (Å²) in [5.74, 6) is -0.474. The molecule has 1 saturated heterocycles. The Kier molecular flexibility index (Phi) is 3.95. The number of nitrogens with zero attached hydrogens (tertiary/aromatic N) is 3. The molecular weight excluding hydrogens is 254 g/mol. The smallest absolute Gasteiger partial charge is 0.326 e. The number of aromatic amines is 1. The summed E-state index contributed by atoms with van der Waals surface area (Å²) in [6, 6.07) is -1.47. The molecule has 0 spiro atoms. The van der Waals surface area contributed by atoms with E-state index in [-0.39, 0.29) is 13.0 Å². The highest BCUT2D eigenvalue weighted by atomic mass is 16.4. The van der Waals surface area contributed by atoms with E-state index in [1.165, 1.54) is 6.33 Å². The van der Waals surface area contributed by atoms with Crippen molar-refractivity contribution in [2.45, 2.75) is 25.0 Å². The Morgan fingerprint density at radius 2 is 2.37 bits per heavy atom. The summed E-state index contributed by atoms with van der Waals surface area (Å²) in [4.78, 5) is 27.8. The second-order valence-corrected chi connectivity index (χ2v) is 4.31. The molecule has 1 aromatic rings. The average Bonchev–Trinajstić information content (AvgIpc) is 2.98. The predicted octanol–water partition coefficient (Wildman–Crippen LogP) is -1.42. The number of carboxylic acids is 1. The summed E-state index contributed by atoms with van der Waals surface area (Å²) in [5.41, 5.74) is 0. The highest BCUT2D eigenvalue weighted by Gasteiger charge is 2.38. The number of aliphatic carboxylic acids is 1. The van der Waals surface area contributed by atoms with Crippen LogP contribution in [0.5, 0.6) is 0 Å². The molecule has 2 heterocycles. The van der Waals surface area contributed by atoms with Gasteiger partial charge in [-0.15, -0.1) is 0 Å². The van der Waals surface area contributed by atoms with Gasteiger partial charge in [-0.3, -0.25) is 5.10 Å². The molecule has 9 nitrogen and oxygen atoms in total. The zero-order chi connectivity index (χ0) is 13.8. The van der Waals surface area contributed by atoms with E-state index in [0.29, 0.717) is 18.8 Å². The predicted molar refractivity (Wildman–Crippen MR) is 62.2 cm³/mol. The number of rotatable bonds is 4. The Labute approximate surface area is 108 Å². The number of nitrogens with one attached hydrogen (secondary N) is 2. The third-order valence-electron chi connectivity index (χ3n) is 2.93. The summed E-state index contributed by atoms with van der Waals surface area (Å²) in [6.45, 7) is 0.345. The maximum absolute atomic E-state index is 11.8. The van der Waals surface area contributed by atoms with Crippen molar-refractivity contribution in [1.29, 1.82) is 0 Å². The van der Waals surface area contributed by atoms with Gasteiger partial charge in [0.2, 0.25) is 0 Å². The standard InChI is InChI=1S/C10H15N5O4/c16-6-3-7(9(17)18)15(4-6)10(19)11-2-1-8-12-5-13-14-8/h5-7,16H,1-4H2,(H,11,19)(H,17,18)(H,12,13,14). The maximum Gasteiger partial charge on any atom is 0.326 e. The molecule has 0 aromatic carbocycles. The minimum absolute atomic E-state index is 0.0328. The van der Waals surface area contributed by atoms with E-state index in [4.69, 9.17) is 5.11 Å². The molecule has 4 N–H and O–H groups in total. The second kappa shape index (κ2) is 5.65. The molecule has 19 heavy (non-hydrogen) atoms. The molecule has 1 aliphatic heterocycles. The lowest BCUT2D eigenvalue weighted by atomic mass is 10.2. The van der Waals surface area contributed by atoms with Crippen molar-refractivity contribution in [3.05, 3.63) is 12.2 Å². The molecule has 9 heteroatoms. The summed E-state index contributed by atoms with van der Waals surface area (Å²) in [5, 5.41) is 27.3. The van der Waals surface area contributed by atoms with E-state index >= 15 is 0 Å². The fourth-order valence-corrected chi connectivity index (χ4v) is 2.01. The lowest BCUT2D eigenvalue weighted by Crippen LogP contribution is -2.46. The number of hydrogen-bond donors (Lipinski definition) is 4. The van der Waals surface area contributed by atoms with Crippen LogP contribution in [-0.4, -0.2) is 67.5 Å². The molecule has 1 aromatic heterocycles. The highest BCUT2D eigenvalue weighted by Crippen LogP contribution is 2.17. The van der Waals surface area contributed by atoms with Crippen LogP contribution in [0.15, 0.2) is 6.33 Å². The molecule has 2 amide bonds. The third-order valence-corrected chi connectivity index (χ3v) is 2.93. The van der Waals surface area contributed by atoms with E-state index in [1.807, 2.05) is 0 Å². The molecule has 0 aliphatic carbocycles. The van der Waals surface area contributed by atoms with Gasteiger partial charge in [0.1, 0.15) is 18.2 Å². The Morgan fingerprint density at radius 1 is 1.58 bits per heavy atom. The van der Waals surface area contributed by atoms with Gasteiger partial charge >= 0.3 is 12.0 Å². The summed E-state index contributed by atoms with van der Waals surface area (Å²) in [7, 11) is 0. The molecule has 1 fully saturated rings. The third kappa shape index (κ3) is 3.19. The van der Waals surface area contributed by atoms with Crippen LogP contribution in [0.2, 0.25) is 0 Å². The number of likely N-dealkylation sites (tertiary alicyclic amines) is 1. The number of carbonyl (C=O) groups excluding carboxylic acids is 1. The number of carboxylic acid groups (broad SMARTS) is 1. The topological polar surface area (TPSA) is 131 Å². The number of urea groups is 1. The van der Waals surface area contributed by atoms with Crippen LogP contribution in [0.1, 0.15) is 12.2 Å². The van der Waals surface area contributed by atoms with Crippen LogP contribution in [0.3, 0.4) is 0 Å². The Bertz CT molecular complexity index is 449. The first kappa shape index (κ1) is 13.3. The summed E-state index contributed by atoms with van der Waals surface area (Å²) in [6.07, 6.45) is 1.11. The molecule has 0 radical (unpaired) electrons. The average molecular weight is 269 g/mol. The first-order chi connectivity index (χ1) is 9.08. The zero-order valence-corrected chi connectivity index (χ0v) is 10.1. The molecular formula is C10H15N5O4. The zero-order valence-electron chi connectivity index (χ0n) is 10.1. The fourth-order valence-electron chi connectivity index (χ4n) is 2.01. The van der Waals surface area contributed by atoms with Crippen molar-refractivity contribution < 1.29 is 19.8 Å². The van der Waals surface area contributed by atoms with E-state index in [0.717, 1.165) is 4.90 Å². The van der Waals surface area contributed by atoms with Gasteiger partial charge in [-0.2, -0.15) is 5.10 Å². The van der Waals surface area contributed by atoms with Crippen molar-refractivity contribution >= 4 is 12.0 Å². The van der Waals surface area contributed by atoms with Gasteiger partial charge in [-0.05, 0) is 0 Å². The lowest BCUT2D eigenvalue weighted by Gasteiger charge is -2.21. The van der Waals surface area contributed by atoms with Crippen molar-refractivity contribution in [3.8, 4) is 0 Å². The minimum atomic E-state index is -1.11. The van der Waals surface area contributed by atoms with Gasteiger partial charge in [0.25, 0.3) is 0 Å². The lowest BCUT2D eigenvalue weighted by molar-refractivity contribution is -0.141. The largest absolute Gasteiger partial charge is 0.480 e. The van der Waals surface area contributed by atoms with E-state index in [1.54, 1.807) is 0 Å². The van der Waals surface area contributed by atoms with Gasteiger partial charge in [0.15, 0.2) is 0 Å². The van der Waals surface area contributed by atoms with Crippen LogP contribution < -0.4 is 5.32 Å². The molecule has 2 unspecified atom stereocenters. The Hall–Kier alpha value is -2.16. The number of H-pyrrole nitrogens is 1. The van der Waals surface area contributed by atoms with Gasteiger partial charge in [0, 0.05) is 25.9 Å².